The molecule has 1 heterocycles. The third-order valence-corrected chi connectivity index (χ3v) is 3.21. The fourth-order valence-electron chi connectivity index (χ4n) is 2.28. The van der Waals surface area contributed by atoms with E-state index in [1.54, 1.807) is 20.3 Å². The van der Waals surface area contributed by atoms with E-state index in [0.717, 1.165) is 12.1 Å². The molecule has 0 saturated carbocycles. The molecule has 21 heavy (non-hydrogen) atoms. The number of rotatable bonds is 6. The minimum Gasteiger partial charge on any atom is -0.496 e. The molecule has 0 fully saturated rings. The van der Waals surface area contributed by atoms with Crippen molar-refractivity contribution in [1.29, 1.82) is 0 Å². The Kier molecular flexibility index (Phi) is 5.11. The van der Waals surface area contributed by atoms with Crippen LogP contribution in [-0.4, -0.2) is 25.7 Å². The van der Waals surface area contributed by atoms with Crippen molar-refractivity contribution >= 4 is 0 Å². The monoisotopic (exact) mass is 290 g/mol. The Labute approximate surface area is 123 Å². The van der Waals surface area contributed by atoms with Gasteiger partial charge in [0.25, 0.3) is 0 Å². The van der Waals surface area contributed by atoms with E-state index in [4.69, 9.17) is 9.47 Å². The Bertz CT molecular complexity index is 565. The number of methoxy groups -OCH3 is 2. The fourth-order valence-corrected chi connectivity index (χ4v) is 2.28. The number of aromatic nitrogens is 1. The van der Waals surface area contributed by atoms with Crippen molar-refractivity contribution in [2.24, 2.45) is 0 Å². The summed E-state index contributed by atoms with van der Waals surface area (Å²) in [5.41, 5.74) is 1.56. The van der Waals surface area contributed by atoms with Gasteiger partial charge in [0.1, 0.15) is 17.3 Å². The smallest absolute Gasteiger partial charge is 0.141 e. The first-order chi connectivity index (χ1) is 10.2. The predicted molar refractivity (Wildman–Crippen MR) is 79.3 cm³/mol. The molecular formula is C16H19FN2O2. The maximum Gasteiger partial charge on any atom is 0.141 e. The minimum absolute atomic E-state index is 0.235. The zero-order valence-corrected chi connectivity index (χ0v) is 12.4. The summed E-state index contributed by atoms with van der Waals surface area (Å²) in [6.07, 6.45) is 1.21. The van der Waals surface area contributed by atoms with Gasteiger partial charge in [-0.2, -0.15) is 0 Å². The molecule has 0 radical (unpaired) electrons. The molecule has 1 N–H and O–H groups in total. The molecule has 0 bridgehead atoms. The van der Waals surface area contributed by atoms with Gasteiger partial charge in [-0.15, -0.1) is 0 Å². The molecule has 1 atom stereocenters. The molecular weight excluding hydrogens is 271 g/mol. The molecule has 0 aliphatic rings. The summed E-state index contributed by atoms with van der Waals surface area (Å²) in [4.78, 5) is 4.18. The summed E-state index contributed by atoms with van der Waals surface area (Å²) in [6.45, 7) is 2.73. The highest BCUT2D eigenvalue weighted by Crippen LogP contribution is 2.36. The molecule has 2 aromatic rings. The summed E-state index contributed by atoms with van der Waals surface area (Å²) in [7, 11) is 3.22. The number of hydrogen-bond donors (Lipinski definition) is 1. The molecule has 1 aromatic heterocycles. The van der Waals surface area contributed by atoms with Gasteiger partial charge < -0.3 is 14.8 Å². The van der Waals surface area contributed by atoms with E-state index in [1.165, 1.54) is 12.3 Å². The Morgan fingerprint density at radius 1 is 1.14 bits per heavy atom. The third kappa shape index (κ3) is 3.31. The largest absolute Gasteiger partial charge is 0.496 e. The predicted octanol–water partition coefficient (Wildman–Crippen LogP) is 2.94. The lowest BCUT2D eigenvalue weighted by molar-refractivity contribution is 0.376. The van der Waals surface area contributed by atoms with E-state index in [-0.39, 0.29) is 11.9 Å². The molecule has 0 spiro atoms. The van der Waals surface area contributed by atoms with Crippen LogP contribution in [0, 0.1) is 5.82 Å². The van der Waals surface area contributed by atoms with Crippen LogP contribution in [0.1, 0.15) is 24.2 Å². The maximum atomic E-state index is 13.1. The van der Waals surface area contributed by atoms with Gasteiger partial charge >= 0.3 is 0 Å². The van der Waals surface area contributed by atoms with Crippen molar-refractivity contribution in [2.75, 3.05) is 20.8 Å². The van der Waals surface area contributed by atoms with E-state index in [9.17, 15) is 4.39 Å². The van der Waals surface area contributed by atoms with E-state index in [2.05, 4.69) is 10.3 Å². The first kappa shape index (κ1) is 15.3. The lowest BCUT2D eigenvalue weighted by Crippen LogP contribution is -2.24. The van der Waals surface area contributed by atoms with Crippen LogP contribution in [0.3, 0.4) is 0 Å². The second-order valence-electron chi connectivity index (χ2n) is 4.47. The van der Waals surface area contributed by atoms with Gasteiger partial charge in [0.2, 0.25) is 0 Å². The van der Waals surface area contributed by atoms with Gasteiger partial charge in [-0.25, -0.2) is 4.39 Å². The summed E-state index contributed by atoms with van der Waals surface area (Å²) in [5.74, 6) is 1.04. The number of pyridine rings is 1. The van der Waals surface area contributed by atoms with Gasteiger partial charge in [0.15, 0.2) is 0 Å². The highest BCUT2D eigenvalue weighted by molar-refractivity contribution is 5.49. The molecule has 112 valence electrons. The van der Waals surface area contributed by atoms with Crippen LogP contribution in [0.4, 0.5) is 4.39 Å². The summed E-state index contributed by atoms with van der Waals surface area (Å²) in [6, 6.07) is 8.42. The summed E-state index contributed by atoms with van der Waals surface area (Å²) in [5, 5.41) is 3.34. The minimum atomic E-state index is -0.360. The number of hydrogen-bond acceptors (Lipinski definition) is 4. The van der Waals surface area contributed by atoms with Crippen molar-refractivity contribution in [1.82, 2.24) is 10.3 Å². The summed E-state index contributed by atoms with van der Waals surface area (Å²) >= 11 is 0. The highest BCUT2D eigenvalue weighted by atomic mass is 19.1. The number of ether oxygens (including phenoxy) is 2. The topological polar surface area (TPSA) is 43.4 Å². The number of benzene rings is 1. The van der Waals surface area contributed by atoms with E-state index in [0.29, 0.717) is 17.2 Å². The molecule has 0 saturated heterocycles. The van der Waals surface area contributed by atoms with Crippen LogP contribution in [0.15, 0.2) is 36.5 Å². The van der Waals surface area contributed by atoms with Crippen LogP contribution in [-0.2, 0) is 0 Å². The molecule has 1 aromatic carbocycles. The number of nitrogens with zero attached hydrogens (tertiary/aromatic N) is 1. The number of nitrogens with one attached hydrogen (secondary N) is 1. The van der Waals surface area contributed by atoms with Crippen molar-refractivity contribution in [3.8, 4) is 11.5 Å². The van der Waals surface area contributed by atoms with Crippen LogP contribution < -0.4 is 14.8 Å². The quantitative estimate of drug-likeness (QED) is 0.888. The van der Waals surface area contributed by atoms with Crippen molar-refractivity contribution in [3.05, 3.63) is 53.6 Å². The second-order valence-corrected chi connectivity index (χ2v) is 4.47. The Balaban J connectivity index is 2.54. The fraction of sp³-hybridized carbons (Fsp3) is 0.312. The molecule has 1 unspecified atom stereocenters. The lowest BCUT2D eigenvalue weighted by atomic mass is 10.0. The molecule has 0 aliphatic carbocycles. The standard InChI is InChI=1S/C16H19FN2O2/c1-4-18-16(12-9-8-11(17)10-19-12)15-13(20-2)6-5-7-14(15)21-3/h5-10,16,18H,4H2,1-3H3. The van der Waals surface area contributed by atoms with Crippen LogP contribution in [0.2, 0.25) is 0 Å². The van der Waals surface area contributed by atoms with E-state index >= 15 is 0 Å². The van der Waals surface area contributed by atoms with Crippen LogP contribution in [0.5, 0.6) is 11.5 Å². The van der Waals surface area contributed by atoms with Crippen LogP contribution >= 0.6 is 0 Å². The lowest BCUT2D eigenvalue weighted by Gasteiger charge is -2.22. The first-order valence-corrected chi connectivity index (χ1v) is 6.77. The average Bonchev–Trinajstić information content (AvgIpc) is 2.53. The van der Waals surface area contributed by atoms with Crippen molar-refractivity contribution < 1.29 is 13.9 Å². The molecule has 2 rings (SSSR count). The normalized spacial score (nSPS) is 12.0. The van der Waals surface area contributed by atoms with Gasteiger partial charge in [0.05, 0.1) is 37.7 Å². The summed E-state index contributed by atoms with van der Waals surface area (Å²) < 4.78 is 24.0. The zero-order chi connectivity index (χ0) is 15.2. The van der Waals surface area contributed by atoms with Crippen molar-refractivity contribution in [3.63, 3.8) is 0 Å². The zero-order valence-electron chi connectivity index (χ0n) is 12.4. The second kappa shape index (κ2) is 7.04. The number of halogens is 1. The van der Waals surface area contributed by atoms with Gasteiger partial charge in [-0.1, -0.05) is 13.0 Å². The van der Waals surface area contributed by atoms with Crippen molar-refractivity contribution in [2.45, 2.75) is 13.0 Å². The Morgan fingerprint density at radius 3 is 2.29 bits per heavy atom. The van der Waals surface area contributed by atoms with E-state index in [1.807, 2.05) is 25.1 Å². The van der Waals surface area contributed by atoms with Gasteiger partial charge in [0, 0.05) is 0 Å². The molecule has 0 aliphatic heterocycles. The van der Waals surface area contributed by atoms with E-state index < -0.39 is 0 Å². The molecule has 0 amide bonds. The molecule has 4 nitrogen and oxygen atoms in total. The van der Waals surface area contributed by atoms with Gasteiger partial charge in [-0.3, -0.25) is 4.98 Å². The Hall–Kier alpha value is -2.14. The van der Waals surface area contributed by atoms with Crippen LogP contribution in [0.25, 0.3) is 0 Å². The Morgan fingerprint density at radius 2 is 1.81 bits per heavy atom. The maximum absolute atomic E-state index is 13.1. The first-order valence-electron chi connectivity index (χ1n) is 6.77. The average molecular weight is 290 g/mol. The molecule has 5 heteroatoms. The van der Waals surface area contributed by atoms with Gasteiger partial charge in [-0.05, 0) is 30.8 Å². The highest BCUT2D eigenvalue weighted by Gasteiger charge is 2.23. The SMILES string of the molecule is CCNC(c1ccc(F)cn1)c1c(OC)cccc1OC. The third-order valence-electron chi connectivity index (χ3n) is 3.21.